The highest BCUT2D eigenvalue weighted by Gasteiger charge is 2.16. The molecule has 0 saturated heterocycles. The molecule has 0 spiro atoms. The van der Waals surface area contributed by atoms with Crippen molar-refractivity contribution in [2.75, 3.05) is 12.3 Å². The number of rotatable bonds is 5. The molecule has 3 N–H and O–H groups in total. The fourth-order valence-corrected chi connectivity index (χ4v) is 3.85. The minimum absolute atomic E-state index is 0.122. The van der Waals surface area contributed by atoms with Crippen molar-refractivity contribution in [1.82, 2.24) is 9.71 Å². The molecule has 0 radical (unpaired) electrons. The molecule has 0 atom stereocenters. The third kappa shape index (κ3) is 3.94. The summed E-state index contributed by atoms with van der Waals surface area (Å²) in [5.74, 6) is 0. The number of hydrogen-bond donors (Lipinski definition) is 2. The highest BCUT2D eigenvalue weighted by molar-refractivity contribution is 7.89. The first-order chi connectivity index (χ1) is 9.79. The summed E-state index contributed by atoms with van der Waals surface area (Å²) >= 11 is 7.46. The van der Waals surface area contributed by atoms with Crippen molar-refractivity contribution in [2.24, 2.45) is 0 Å². The van der Waals surface area contributed by atoms with Crippen LogP contribution in [0.5, 0.6) is 0 Å². The van der Waals surface area contributed by atoms with E-state index < -0.39 is 10.0 Å². The van der Waals surface area contributed by atoms with E-state index in [-0.39, 0.29) is 17.1 Å². The SMILES string of the molecule is Cc1csc(CCNS(=O)(=O)c2cc(C)c(Cl)c(N)c2)n1. The fourth-order valence-electron chi connectivity index (χ4n) is 1.81. The molecule has 0 saturated carbocycles. The monoisotopic (exact) mass is 345 g/mol. The maximum Gasteiger partial charge on any atom is 0.240 e. The van der Waals surface area contributed by atoms with Crippen molar-refractivity contribution in [2.45, 2.75) is 25.2 Å². The number of nitrogens with two attached hydrogens (primary N) is 1. The van der Waals surface area contributed by atoms with Crippen molar-refractivity contribution >= 4 is 38.6 Å². The summed E-state index contributed by atoms with van der Waals surface area (Å²) in [6.45, 7) is 3.91. The summed E-state index contributed by atoms with van der Waals surface area (Å²) < 4.78 is 27.0. The lowest BCUT2D eigenvalue weighted by Gasteiger charge is -2.09. The van der Waals surface area contributed by atoms with Gasteiger partial charge >= 0.3 is 0 Å². The number of nitrogen functional groups attached to an aromatic ring is 1. The highest BCUT2D eigenvalue weighted by atomic mass is 35.5. The molecule has 114 valence electrons. The number of aromatic nitrogens is 1. The van der Waals surface area contributed by atoms with Gasteiger partial charge in [0.25, 0.3) is 0 Å². The van der Waals surface area contributed by atoms with Crippen LogP contribution in [-0.4, -0.2) is 19.9 Å². The Kier molecular flexibility index (Phi) is 4.88. The Morgan fingerprint density at radius 3 is 2.67 bits per heavy atom. The van der Waals surface area contributed by atoms with Crippen LogP contribution in [0.3, 0.4) is 0 Å². The highest BCUT2D eigenvalue weighted by Crippen LogP contribution is 2.26. The number of aryl methyl sites for hydroxylation is 2. The molecule has 1 aromatic carbocycles. The lowest BCUT2D eigenvalue weighted by Crippen LogP contribution is -2.26. The van der Waals surface area contributed by atoms with Crippen molar-refractivity contribution in [3.63, 3.8) is 0 Å². The third-order valence-corrected chi connectivity index (χ3v) is 5.85. The molecular weight excluding hydrogens is 330 g/mol. The summed E-state index contributed by atoms with van der Waals surface area (Å²) in [4.78, 5) is 4.41. The Morgan fingerprint density at radius 2 is 2.10 bits per heavy atom. The normalized spacial score (nSPS) is 11.8. The zero-order valence-corrected chi connectivity index (χ0v) is 14.1. The van der Waals surface area contributed by atoms with Crippen molar-refractivity contribution in [1.29, 1.82) is 0 Å². The number of nitrogens with one attached hydrogen (secondary N) is 1. The average molecular weight is 346 g/mol. The van der Waals surface area contributed by atoms with E-state index in [1.807, 2.05) is 12.3 Å². The van der Waals surface area contributed by atoms with Gasteiger partial charge in [-0.25, -0.2) is 18.1 Å². The molecule has 0 amide bonds. The molecule has 5 nitrogen and oxygen atoms in total. The molecule has 2 aromatic rings. The number of nitrogens with zero attached hydrogens (tertiary/aromatic N) is 1. The molecule has 21 heavy (non-hydrogen) atoms. The molecule has 1 aromatic heterocycles. The molecule has 0 aliphatic carbocycles. The van der Waals surface area contributed by atoms with Crippen LogP contribution >= 0.6 is 22.9 Å². The maximum atomic E-state index is 12.2. The van der Waals surface area contributed by atoms with E-state index in [0.29, 0.717) is 17.0 Å². The molecule has 0 aliphatic heterocycles. The topological polar surface area (TPSA) is 85.1 Å². The average Bonchev–Trinajstić information content (AvgIpc) is 2.81. The van der Waals surface area contributed by atoms with E-state index >= 15 is 0 Å². The van der Waals surface area contributed by atoms with Gasteiger partial charge in [0.2, 0.25) is 10.0 Å². The molecule has 0 fully saturated rings. The van der Waals surface area contributed by atoms with E-state index in [9.17, 15) is 8.42 Å². The van der Waals surface area contributed by atoms with E-state index in [1.165, 1.54) is 23.5 Å². The minimum Gasteiger partial charge on any atom is -0.397 e. The van der Waals surface area contributed by atoms with Crippen molar-refractivity contribution < 1.29 is 8.42 Å². The Bertz CT molecular complexity index is 734. The summed E-state index contributed by atoms with van der Waals surface area (Å²) in [6, 6.07) is 2.87. The van der Waals surface area contributed by atoms with Crippen LogP contribution in [-0.2, 0) is 16.4 Å². The first-order valence-corrected chi connectivity index (χ1v) is 9.00. The lowest BCUT2D eigenvalue weighted by molar-refractivity contribution is 0.581. The standard InChI is InChI=1S/C13H16ClN3O2S2/c1-8-5-10(6-11(15)13(8)14)21(18,19)16-4-3-12-17-9(2)7-20-12/h5-7,16H,3-4,15H2,1-2H3. The summed E-state index contributed by atoms with van der Waals surface area (Å²) in [7, 11) is -3.60. The van der Waals surface area contributed by atoms with Crippen LogP contribution in [0.4, 0.5) is 5.69 Å². The Balaban J connectivity index is 2.08. The van der Waals surface area contributed by atoms with Gasteiger partial charge in [0.1, 0.15) is 0 Å². The lowest BCUT2D eigenvalue weighted by atomic mass is 10.2. The van der Waals surface area contributed by atoms with Crippen molar-refractivity contribution in [3.8, 4) is 0 Å². The predicted octanol–water partition coefficient (Wildman–Crippen LogP) is 2.52. The maximum absolute atomic E-state index is 12.2. The van der Waals surface area contributed by atoms with Gasteiger partial charge in [-0.3, -0.25) is 0 Å². The van der Waals surface area contributed by atoms with Gasteiger partial charge < -0.3 is 5.73 Å². The number of halogens is 1. The van der Waals surface area contributed by atoms with Crippen LogP contribution in [0.15, 0.2) is 22.4 Å². The number of sulfonamides is 1. The van der Waals surface area contributed by atoms with E-state index in [2.05, 4.69) is 9.71 Å². The Morgan fingerprint density at radius 1 is 1.38 bits per heavy atom. The summed E-state index contributed by atoms with van der Waals surface area (Å²) in [5.41, 5.74) is 7.54. The van der Waals surface area contributed by atoms with Gasteiger partial charge in [-0.1, -0.05) is 11.6 Å². The Hall–Kier alpha value is -1.15. The fraction of sp³-hybridized carbons (Fsp3) is 0.308. The van der Waals surface area contributed by atoms with Gasteiger partial charge in [0.15, 0.2) is 0 Å². The molecule has 0 bridgehead atoms. The minimum atomic E-state index is -3.60. The van der Waals surface area contributed by atoms with Crippen LogP contribution in [0.1, 0.15) is 16.3 Å². The zero-order valence-electron chi connectivity index (χ0n) is 11.7. The first-order valence-electron chi connectivity index (χ1n) is 6.26. The number of thiazole rings is 1. The second-order valence-corrected chi connectivity index (χ2v) is 7.76. The molecular formula is C13H16ClN3O2S2. The summed E-state index contributed by atoms with van der Waals surface area (Å²) in [5, 5.41) is 3.22. The molecule has 2 rings (SSSR count). The van der Waals surface area contributed by atoms with Crippen LogP contribution < -0.4 is 10.5 Å². The first kappa shape index (κ1) is 16.2. The predicted molar refractivity (Wildman–Crippen MR) is 86.3 cm³/mol. The summed E-state index contributed by atoms with van der Waals surface area (Å²) in [6.07, 6.45) is 0.555. The molecule has 0 unspecified atom stereocenters. The van der Waals surface area contributed by atoms with Gasteiger partial charge in [-0.15, -0.1) is 11.3 Å². The number of benzene rings is 1. The van der Waals surface area contributed by atoms with Crippen molar-refractivity contribution in [3.05, 3.63) is 38.8 Å². The zero-order chi connectivity index (χ0) is 15.6. The Labute approximate surface area is 133 Å². The second kappa shape index (κ2) is 6.31. The quantitative estimate of drug-likeness (QED) is 0.815. The van der Waals surface area contributed by atoms with Gasteiger partial charge in [-0.05, 0) is 31.5 Å². The smallest absolute Gasteiger partial charge is 0.240 e. The van der Waals surface area contributed by atoms with E-state index in [4.69, 9.17) is 17.3 Å². The van der Waals surface area contributed by atoms with E-state index in [0.717, 1.165) is 10.7 Å². The van der Waals surface area contributed by atoms with Crippen LogP contribution in [0.25, 0.3) is 0 Å². The molecule has 0 aliphatic rings. The largest absolute Gasteiger partial charge is 0.397 e. The molecule has 8 heteroatoms. The van der Waals surface area contributed by atoms with Gasteiger partial charge in [-0.2, -0.15) is 0 Å². The number of anilines is 1. The number of hydrogen-bond acceptors (Lipinski definition) is 5. The second-order valence-electron chi connectivity index (χ2n) is 4.67. The van der Waals surface area contributed by atoms with Crippen LogP contribution in [0.2, 0.25) is 5.02 Å². The van der Waals surface area contributed by atoms with Crippen LogP contribution in [0, 0.1) is 13.8 Å². The molecule has 1 heterocycles. The third-order valence-electron chi connectivity index (χ3n) is 2.86. The van der Waals surface area contributed by atoms with E-state index in [1.54, 1.807) is 6.92 Å². The van der Waals surface area contributed by atoms with Gasteiger partial charge in [0.05, 0.1) is 20.6 Å². The van der Waals surface area contributed by atoms with Gasteiger partial charge in [0, 0.05) is 24.0 Å².